The Kier molecular flexibility index (Phi) is 4.21. The molecule has 124 valence electrons. The standard InChI is InChI=1S/C16H24N6O/c1-9-7-12(5-6-17-9)18-16(23)14-8-13(19-20-14)15-10(2)21-22(4)11(15)3/h8-9,12,17H,5-7H2,1-4H3,(H,18,23)(H,19,20). The van der Waals surface area contributed by atoms with Crippen LogP contribution in [0.25, 0.3) is 11.3 Å². The summed E-state index contributed by atoms with van der Waals surface area (Å²) in [5.74, 6) is -0.0953. The quantitative estimate of drug-likeness (QED) is 0.796. The van der Waals surface area contributed by atoms with E-state index in [2.05, 4.69) is 32.9 Å². The van der Waals surface area contributed by atoms with Crippen molar-refractivity contribution in [1.82, 2.24) is 30.6 Å². The molecule has 0 radical (unpaired) electrons. The van der Waals surface area contributed by atoms with E-state index in [0.29, 0.717) is 11.7 Å². The fourth-order valence-electron chi connectivity index (χ4n) is 3.24. The lowest BCUT2D eigenvalue weighted by atomic mass is 10.0. The van der Waals surface area contributed by atoms with Crippen LogP contribution in [0, 0.1) is 13.8 Å². The molecule has 2 unspecified atom stereocenters. The van der Waals surface area contributed by atoms with Gasteiger partial charge in [0.15, 0.2) is 0 Å². The Labute approximate surface area is 135 Å². The molecule has 0 aromatic carbocycles. The van der Waals surface area contributed by atoms with E-state index in [4.69, 9.17) is 0 Å². The molecule has 1 aliphatic heterocycles. The highest BCUT2D eigenvalue weighted by molar-refractivity contribution is 5.93. The predicted molar refractivity (Wildman–Crippen MR) is 88.2 cm³/mol. The summed E-state index contributed by atoms with van der Waals surface area (Å²) in [4.78, 5) is 12.4. The van der Waals surface area contributed by atoms with Gasteiger partial charge in [0.2, 0.25) is 0 Å². The summed E-state index contributed by atoms with van der Waals surface area (Å²) in [6.07, 6.45) is 1.91. The molecule has 1 fully saturated rings. The number of nitrogens with one attached hydrogen (secondary N) is 3. The highest BCUT2D eigenvalue weighted by atomic mass is 16.2. The van der Waals surface area contributed by atoms with Crippen molar-refractivity contribution < 1.29 is 4.79 Å². The summed E-state index contributed by atoms with van der Waals surface area (Å²) >= 11 is 0. The maximum atomic E-state index is 12.4. The first-order valence-electron chi connectivity index (χ1n) is 8.06. The number of nitrogens with zero attached hydrogens (tertiary/aromatic N) is 3. The van der Waals surface area contributed by atoms with Gasteiger partial charge in [-0.1, -0.05) is 0 Å². The Morgan fingerprint density at radius 3 is 2.87 bits per heavy atom. The molecule has 1 amide bonds. The average Bonchev–Trinajstić information content (AvgIpc) is 3.05. The van der Waals surface area contributed by atoms with Crippen molar-refractivity contribution in [2.24, 2.45) is 7.05 Å². The van der Waals surface area contributed by atoms with Gasteiger partial charge in [-0.25, -0.2) is 0 Å². The third-order valence-corrected chi connectivity index (χ3v) is 4.55. The van der Waals surface area contributed by atoms with E-state index in [1.54, 1.807) is 6.07 Å². The Bertz CT molecular complexity index is 716. The normalized spacial score (nSPS) is 21.4. The van der Waals surface area contributed by atoms with E-state index in [1.807, 2.05) is 25.6 Å². The topological polar surface area (TPSA) is 87.6 Å². The third kappa shape index (κ3) is 3.14. The van der Waals surface area contributed by atoms with Gasteiger partial charge in [-0.05, 0) is 46.2 Å². The van der Waals surface area contributed by atoms with Crippen molar-refractivity contribution in [1.29, 1.82) is 0 Å². The van der Waals surface area contributed by atoms with Crippen LogP contribution in [-0.4, -0.2) is 44.5 Å². The second-order valence-electron chi connectivity index (χ2n) is 6.39. The number of rotatable bonds is 3. The molecule has 3 N–H and O–H groups in total. The van der Waals surface area contributed by atoms with Gasteiger partial charge in [-0.2, -0.15) is 10.2 Å². The molecule has 0 saturated carbocycles. The monoisotopic (exact) mass is 316 g/mol. The van der Waals surface area contributed by atoms with Crippen molar-refractivity contribution in [3.05, 3.63) is 23.1 Å². The van der Waals surface area contributed by atoms with E-state index in [1.165, 1.54) is 0 Å². The van der Waals surface area contributed by atoms with Crippen molar-refractivity contribution in [2.75, 3.05) is 6.54 Å². The Morgan fingerprint density at radius 2 is 2.22 bits per heavy atom. The van der Waals surface area contributed by atoms with Gasteiger partial charge in [0.05, 0.1) is 11.4 Å². The summed E-state index contributed by atoms with van der Waals surface area (Å²) in [6, 6.07) is 2.45. The molecule has 2 aromatic heterocycles. The number of piperidine rings is 1. The first-order chi connectivity index (χ1) is 11.0. The fourth-order valence-corrected chi connectivity index (χ4v) is 3.24. The highest BCUT2D eigenvalue weighted by Crippen LogP contribution is 2.25. The van der Waals surface area contributed by atoms with Crippen molar-refractivity contribution in [3.8, 4) is 11.3 Å². The maximum Gasteiger partial charge on any atom is 0.269 e. The summed E-state index contributed by atoms with van der Waals surface area (Å²) < 4.78 is 1.83. The molecular weight excluding hydrogens is 292 g/mol. The molecule has 0 bridgehead atoms. The van der Waals surface area contributed by atoms with E-state index in [0.717, 1.165) is 42.0 Å². The van der Waals surface area contributed by atoms with Crippen LogP contribution < -0.4 is 10.6 Å². The lowest BCUT2D eigenvalue weighted by Crippen LogP contribution is -2.46. The number of carbonyl (C=O) groups is 1. The molecule has 1 aliphatic rings. The van der Waals surface area contributed by atoms with Crippen molar-refractivity contribution >= 4 is 5.91 Å². The summed E-state index contributed by atoms with van der Waals surface area (Å²) in [6.45, 7) is 7.03. The van der Waals surface area contributed by atoms with E-state index < -0.39 is 0 Å². The van der Waals surface area contributed by atoms with Gasteiger partial charge in [-0.15, -0.1) is 0 Å². The van der Waals surface area contributed by atoms with Gasteiger partial charge in [0.25, 0.3) is 5.91 Å². The minimum atomic E-state index is -0.0953. The lowest BCUT2D eigenvalue weighted by Gasteiger charge is -2.28. The predicted octanol–water partition coefficient (Wildman–Crippen LogP) is 1.30. The molecule has 1 saturated heterocycles. The smallest absolute Gasteiger partial charge is 0.269 e. The average molecular weight is 316 g/mol. The Balaban J connectivity index is 1.75. The van der Waals surface area contributed by atoms with Gasteiger partial charge >= 0.3 is 0 Å². The van der Waals surface area contributed by atoms with Gasteiger partial charge in [-0.3, -0.25) is 14.6 Å². The van der Waals surface area contributed by atoms with Crippen LogP contribution in [0.2, 0.25) is 0 Å². The van der Waals surface area contributed by atoms with Gasteiger partial charge in [0.1, 0.15) is 5.69 Å². The third-order valence-electron chi connectivity index (χ3n) is 4.55. The second kappa shape index (κ2) is 6.16. The van der Waals surface area contributed by atoms with Crippen LogP contribution in [-0.2, 0) is 7.05 Å². The molecule has 7 heteroatoms. The van der Waals surface area contributed by atoms with E-state index in [-0.39, 0.29) is 11.9 Å². The van der Waals surface area contributed by atoms with Gasteiger partial charge < -0.3 is 10.6 Å². The number of aryl methyl sites for hydroxylation is 2. The largest absolute Gasteiger partial charge is 0.348 e. The highest BCUT2D eigenvalue weighted by Gasteiger charge is 2.22. The number of hydrogen-bond donors (Lipinski definition) is 3. The second-order valence-corrected chi connectivity index (χ2v) is 6.39. The zero-order valence-corrected chi connectivity index (χ0v) is 14.1. The molecule has 7 nitrogen and oxygen atoms in total. The summed E-state index contributed by atoms with van der Waals surface area (Å²) in [5, 5.41) is 18.0. The Morgan fingerprint density at radius 1 is 1.43 bits per heavy atom. The van der Waals surface area contributed by atoms with Crippen LogP contribution in [0.15, 0.2) is 6.07 Å². The SMILES string of the molecule is Cc1nn(C)c(C)c1-c1cc(C(=O)NC2CCNC(C)C2)[nH]n1. The zero-order valence-electron chi connectivity index (χ0n) is 14.1. The van der Waals surface area contributed by atoms with E-state index >= 15 is 0 Å². The summed E-state index contributed by atoms with van der Waals surface area (Å²) in [7, 11) is 1.91. The van der Waals surface area contributed by atoms with Crippen LogP contribution in [0.4, 0.5) is 0 Å². The number of amides is 1. The molecule has 2 aromatic rings. The minimum absolute atomic E-state index is 0.0953. The first kappa shape index (κ1) is 15.7. The number of hydrogen-bond acceptors (Lipinski definition) is 4. The molecule has 0 spiro atoms. The van der Waals surface area contributed by atoms with Crippen molar-refractivity contribution in [3.63, 3.8) is 0 Å². The molecule has 2 atom stereocenters. The van der Waals surface area contributed by atoms with E-state index in [9.17, 15) is 4.79 Å². The van der Waals surface area contributed by atoms with Crippen LogP contribution in [0.1, 0.15) is 41.6 Å². The molecule has 3 heterocycles. The minimum Gasteiger partial charge on any atom is -0.348 e. The fraction of sp³-hybridized carbons (Fsp3) is 0.562. The van der Waals surface area contributed by atoms with Crippen molar-refractivity contribution in [2.45, 2.75) is 45.7 Å². The number of aromatic amines is 1. The van der Waals surface area contributed by atoms with Crippen LogP contribution in [0.5, 0.6) is 0 Å². The molecule has 3 rings (SSSR count). The maximum absolute atomic E-state index is 12.4. The molecule has 23 heavy (non-hydrogen) atoms. The van der Waals surface area contributed by atoms with Crippen LogP contribution >= 0.6 is 0 Å². The molecule has 0 aliphatic carbocycles. The Hall–Kier alpha value is -2.15. The summed E-state index contributed by atoms with van der Waals surface area (Å²) in [5.41, 5.74) is 4.19. The number of carbonyl (C=O) groups excluding carboxylic acids is 1. The zero-order chi connectivity index (χ0) is 16.6. The first-order valence-corrected chi connectivity index (χ1v) is 8.06. The number of H-pyrrole nitrogens is 1. The van der Waals surface area contributed by atoms with Crippen LogP contribution in [0.3, 0.4) is 0 Å². The number of aromatic nitrogens is 4. The molecular formula is C16H24N6O. The lowest BCUT2D eigenvalue weighted by molar-refractivity contribution is 0.0920. The van der Waals surface area contributed by atoms with Gasteiger partial charge in [0, 0.05) is 30.4 Å².